The van der Waals surface area contributed by atoms with Gasteiger partial charge < -0.3 is 9.84 Å². The zero-order valence-corrected chi connectivity index (χ0v) is 14.8. The fraction of sp³-hybridized carbons (Fsp3) is 0.381. The van der Waals surface area contributed by atoms with Crippen LogP contribution in [0.5, 0.6) is 11.5 Å². The van der Waals surface area contributed by atoms with Crippen molar-refractivity contribution in [2.45, 2.75) is 18.9 Å². The zero-order valence-electron chi connectivity index (χ0n) is 14.8. The number of phenols is 1. The van der Waals surface area contributed by atoms with E-state index in [1.807, 2.05) is 0 Å². The van der Waals surface area contributed by atoms with Crippen molar-refractivity contribution < 1.29 is 23.4 Å². The zero-order chi connectivity index (χ0) is 19.0. The number of ether oxygens (including phenoxy) is 1. The van der Waals surface area contributed by atoms with E-state index in [1.54, 1.807) is 12.1 Å². The highest BCUT2D eigenvalue weighted by Crippen LogP contribution is 2.39. The number of halogens is 2. The van der Waals surface area contributed by atoms with Crippen LogP contribution < -0.4 is 4.74 Å². The molecular formula is C21H21F2NO3. The minimum Gasteiger partial charge on any atom is -0.505 e. The number of hydrogen-bond acceptors (Lipinski definition) is 4. The summed E-state index contributed by atoms with van der Waals surface area (Å²) < 4.78 is 32.4. The maximum Gasteiger partial charge on any atom is 0.176 e. The Morgan fingerprint density at radius 3 is 2.37 bits per heavy atom. The molecule has 27 heavy (non-hydrogen) atoms. The highest BCUT2D eigenvalue weighted by atomic mass is 19.1. The molecule has 2 fully saturated rings. The molecule has 2 aromatic carbocycles. The van der Waals surface area contributed by atoms with Crippen LogP contribution in [0.4, 0.5) is 8.78 Å². The fourth-order valence-electron chi connectivity index (χ4n) is 4.25. The number of hydrogen-bond donors (Lipinski definition) is 1. The summed E-state index contributed by atoms with van der Waals surface area (Å²) in [5, 5.41) is 9.24. The predicted octanol–water partition coefficient (Wildman–Crippen LogP) is 3.64. The summed E-state index contributed by atoms with van der Waals surface area (Å²) in [6, 6.07) is 9.82. The summed E-state index contributed by atoms with van der Waals surface area (Å²) in [4.78, 5) is 14.5. The molecule has 4 rings (SSSR count). The average Bonchev–Trinajstić information content (AvgIpc) is 3.17. The molecule has 4 nitrogen and oxygen atoms in total. The molecule has 1 saturated heterocycles. The predicted molar refractivity (Wildman–Crippen MR) is 95.9 cm³/mol. The number of Topliss-reactive ketones (excluding diaryl/α,β-unsaturated/α-hetero) is 1. The monoisotopic (exact) mass is 373 g/mol. The quantitative estimate of drug-likeness (QED) is 0.813. The van der Waals surface area contributed by atoms with Crippen LogP contribution in [0.15, 0.2) is 42.5 Å². The molecule has 0 radical (unpaired) electrons. The number of nitrogens with zero attached hydrogens (tertiary/aromatic N) is 1. The number of likely N-dealkylation sites (tertiary alicyclic amines) is 1. The minimum absolute atomic E-state index is 0.120. The lowest BCUT2D eigenvalue weighted by Gasteiger charge is -2.19. The van der Waals surface area contributed by atoms with Gasteiger partial charge in [0.2, 0.25) is 0 Å². The molecule has 6 heteroatoms. The molecular weight excluding hydrogens is 352 g/mol. The summed E-state index contributed by atoms with van der Waals surface area (Å²) in [5.41, 5.74) is 0.278. The normalized spacial score (nSPS) is 24.7. The Labute approximate surface area is 156 Å². The van der Waals surface area contributed by atoms with Crippen molar-refractivity contribution in [3.05, 3.63) is 59.7 Å². The van der Waals surface area contributed by atoms with E-state index in [1.165, 1.54) is 24.3 Å². The number of carbonyl (C=O) groups is 1. The Bertz CT molecular complexity index is 826. The largest absolute Gasteiger partial charge is 0.505 e. The van der Waals surface area contributed by atoms with E-state index in [0.717, 1.165) is 32.0 Å². The standard InChI is InChI=1S/C21H21F2NO3/c22-16-2-4-17(5-3-16)27-18-7-14-10-24(11-15(14)8-18)12-21(26)13-1-6-20(25)19(23)9-13/h1-6,9,14-15,18,25H,7-8,10-12H2/t14-,15+,18?. The van der Waals surface area contributed by atoms with Crippen LogP contribution in [0.3, 0.4) is 0 Å². The number of phenolic OH excluding ortho intramolecular Hbond substituents is 1. The molecule has 1 saturated carbocycles. The summed E-state index contributed by atoms with van der Waals surface area (Å²) in [7, 11) is 0. The van der Waals surface area contributed by atoms with E-state index in [-0.39, 0.29) is 29.8 Å². The lowest BCUT2D eigenvalue weighted by molar-refractivity contribution is 0.0936. The lowest BCUT2D eigenvalue weighted by Crippen LogP contribution is -2.30. The Kier molecular flexibility index (Phi) is 4.83. The number of aromatic hydroxyl groups is 1. The molecule has 142 valence electrons. The molecule has 0 aromatic heterocycles. The van der Waals surface area contributed by atoms with Gasteiger partial charge in [-0.1, -0.05) is 0 Å². The van der Waals surface area contributed by atoms with Crippen molar-refractivity contribution in [2.24, 2.45) is 11.8 Å². The maximum atomic E-state index is 13.4. The second kappa shape index (κ2) is 7.27. The molecule has 1 aliphatic carbocycles. The van der Waals surface area contributed by atoms with Crippen molar-refractivity contribution in [3.63, 3.8) is 0 Å². The Hall–Kier alpha value is -2.47. The number of fused-ring (bicyclic) bond motifs is 1. The second-order valence-corrected chi connectivity index (χ2v) is 7.47. The second-order valence-electron chi connectivity index (χ2n) is 7.47. The number of rotatable bonds is 5. The molecule has 1 unspecified atom stereocenters. The first-order valence-corrected chi connectivity index (χ1v) is 9.14. The van der Waals surface area contributed by atoms with Crippen molar-refractivity contribution in [1.29, 1.82) is 0 Å². The topological polar surface area (TPSA) is 49.8 Å². The van der Waals surface area contributed by atoms with Crippen molar-refractivity contribution in [1.82, 2.24) is 4.90 Å². The maximum absolute atomic E-state index is 13.4. The van der Waals surface area contributed by atoms with E-state index in [0.29, 0.717) is 17.6 Å². The van der Waals surface area contributed by atoms with Gasteiger partial charge in [-0.2, -0.15) is 0 Å². The van der Waals surface area contributed by atoms with Crippen LogP contribution in [0, 0.1) is 23.5 Å². The van der Waals surface area contributed by atoms with Crippen LogP contribution in [0.2, 0.25) is 0 Å². The molecule has 1 aliphatic heterocycles. The van der Waals surface area contributed by atoms with E-state index in [4.69, 9.17) is 4.74 Å². The third-order valence-electron chi connectivity index (χ3n) is 5.54. The van der Waals surface area contributed by atoms with Gasteiger partial charge in [0.05, 0.1) is 12.6 Å². The van der Waals surface area contributed by atoms with Gasteiger partial charge in [-0.05, 0) is 67.1 Å². The van der Waals surface area contributed by atoms with Crippen LogP contribution in [-0.4, -0.2) is 41.5 Å². The molecule has 3 atom stereocenters. The first-order chi connectivity index (χ1) is 13.0. The summed E-state index contributed by atoms with van der Waals surface area (Å²) in [6.45, 7) is 1.89. The smallest absolute Gasteiger partial charge is 0.176 e. The fourth-order valence-corrected chi connectivity index (χ4v) is 4.25. The summed E-state index contributed by atoms with van der Waals surface area (Å²) in [5.74, 6) is -0.0239. The van der Waals surface area contributed by atoms with Gasteiger partial charge in [0.25, 0.3) is 0 Å². The van der Waals surface area contributed by atoms with Gasteiger partial charge in [0.1, 0.15) is 11.6 Å². The number of benzene rings is 2. The van der Waals surface area contributed by atoms with Gasteiger partial charge >= 0.3 is 0 Å². The first-order valence-electron chi connectivity index (χ1n) is 9.14. The highest BCUT2D eigenvalue weighted by Gasteiger charge is 2.42. The van der Waals surface area contributed by atoms with Crippen LogP contribution in [0.1, 0.15) is 23.2 Å². The van der Waals surface area contributed by atoms with Crippen LogP contribution in [0.25, 0.3) is 0 Å². The minimum atomic E-state index is -0.778. The molecule has 0 bridgehead atoms. The van der Waals surface area contributed by atoms with Gasteiger partial charge in [-0.25, -0.2) is 8.78 Å². The number of ketones is 1. The van der Waals surface area contributed by atoms with Gasteiger partial charge in [-0.3, -0.25) is 9.69 Å². The number of carbonyl (C=O) groups excluding carboxylic acids is 1. The van der Waals surface area contributed by atoms with Crippen LogP contribution in [-0.2, 0) is 0 Å². The SMILES string of the molecule is O=C(CN1C[C@H]2CC(Oc3ccc(F)cc3)C[C@H]2C1)c1ccc(O)c(F)c1. The molecule has 0 spiro atoms. The van der Waals surface area contributed by atoms with Crippen LogP contribution >= 0.6 is 0 Å². The van der Waals surface area contributed by atoms with Gasteiger partial charge in [0.15, 0.2) is 17.3 Å². The molecule has 1 heterocycles. The van der Waals surface area contributed by atoms with Crippen molar-refractivity contribution in [2.75, 3.05) is 19.6 Å². The van der Waals surface area contributed by atoms with E-state index >= 15 is 0 Å². The average molecular weight is 373 g/mol. The lowest BCUT2D eigenvalue weighted by atomic mass is 10.0. The van der Waals surface area contributed by atoms with Crippen molar-refractivity contribution >= 4 is 5.78 Å². The molecule has 1 N–H and O–H groups in total. The van der Waals surface area contributed by atoms with Gasteiger partial charge in [0, 0.05) is 18.7 Å². The van der Waals surface area contributed by atoms with Crippen molar-refractivity contribution in [3.8, 4) is 11.5 Å². The first kappa shape index (κ1) is 17.9. The summed E-state index contributed by atoms with van der Waals surface area (Å²) >= 11 is 0. The van der Waals surface area contributed by atoms with E-state index < -0.39 is 11.6 Å². The van der Waals surface area contributed by atoms with E-state index in [9.17, 15) is 18.7 Å². The Balaban J connectivity index is 1.30. The third kappa shape index (κ3) is 3.95. The van der Waals surface area contributed by atoms with E-state index in [2.05, 4.69) is 4.90 Å². The Morgan fingerprint density at radius 2 is 1.74 bits per heavy atom. The van der Waals surface area contributed by atoms with Gasteiger partial charge in [-0.15, -0.1) is 0 Å². The molecule has 0 amide bonds. The Morgan fingerprint density at radius 1 is 1.07 bits per heavy atom. The third-order valence-corrected chi connectivity index (χ3v) is 5.54. The highest BCUT2D eigenvalue weighted by molar-refractivity contribution is 5.97. The summed E-state index contributed by atoms with van der Waals surface area (Å²) in [6.07, 6.45) is 1.95. The molecule has 2 aromatic rings. The molecule has 2 aliphatic rings.